The third-order valence-electron chi connectivity index (χ3n) is 3.11. The number of Topliss-reactive ketones (excluding diaryl/α,β-unsaturated/α-hetero) is 1. The lowest BCUT2D eigenvalue weighted by atomic mass is 9.83. The van der Waals surface area contributed by atoms with Crippen LogP contribution < -0.4 is 0 Å². The number of nitrogens with zero attached hydrogens (tertiary/aromatic N) is 2. The normalized spacial score (nSPS) is 17.6. The molecule has 0 unspecified atom stereocenters. The summed E-state index contributed by atoms with van der Waals surface area (Å²) in [4.78, 5) is 29.2. The van der Waals surface area contributed by atoms with E-state index in [9.17, 15) is 9.59 Å². The van der Waals surface area contributed by atoms with E-state index in [4.69, 9.17) is 4.74 Å². The number of carbonyl (C=O) groups is 2. The molecule has 110 valence electrons. The summed E-state index contributed by atoms with van der Waals surface area (Å²) in [5.41, 5.74) is -0.150. The maximum Gasteiger partial charge on any atom is 0.410 e. The smallest absolute Gasteiger partial charge is 0.410 e. The van der Waals surface area contributed by atoms with Gasteiger partial charge in [0.05, 0.1) is 5.41 Å². The molecule has 1 fully saturated rings. The van der Waals surface area contributed by atoms with Crippen molar-refractivity contribution in [1.82, 2.24) is 9.88 Å². The van der Waals surface area contributed by atoms with Crippen LogP contribution >= 0.6 is 11.3 Å². The third-order valence-corrected chi connectivity index (χ3v) is 4.26. The van der Waals surface area contributed by atoms with E-state index >= 15 is 0 Å². The Hall–Kier alpha value is -1.43. The Kier molecular flexibility index (Phi) is 3.62. The number of likely N-dealkylation sites (tertiary alicyclic amines) is 1. The summed E-state index contributed by atoms with van der Waals surface area (Å²) >= 11 is 1.48. The molecule has 1 aliphatic rings. The molecule has 0 aromatic carbocycles. The molecule has 0 radical (unpaired) electrons. The quantitative estimate of drug-likeness (QED) is 0.787. The van der Waals surface area contributed by atoms with Gasteiger partial charge in [-0.2, -0.15) is 0 Å². The van der Waals surface area contributed by atoms with Crippen molar-refractivity contribution < 1.29 is 14.3 Å². The van der Waals surface area contributed by atoms with Gasteiger partial charge in [0.25, 0.3) is 0 Å². The predicted molar refractivity (Wildman–Crippen MR) is 77.3 cm³/mol. The summed E-state index contributed by atoms with van der Waals surface area (Å²) in [7, 11) is 0. The van der Waals surface area contributed by atoms with Gasteiger partial charge >= 0.3 is 6.09 Å². The molecule has 2 rings (SSSR count). The number of hydrogen-bond acceptors (Lipinski definition) is 5. The van der Waals surface area contributed by atoms with E-state index in [0.717, 1.165) is 5.01 Å². The highest BCUT2D eigenvalue weighted by Crippen LogP contribution is 2.36. The van der Waals surface area contributed by atoms with Crippen LogP contribution in [-0.4, -0.2) is 40.5 Å². The predicted octanol–water partition coefficient (Wildman–Crippen LogP) is 2.85. The molecule has 0 bridgehead atoms. The van der Waals surface area contributed by atoms with Crippen molar-refractivity contribution in [3.8, 4) is 0 Å². The first kappa shape index (κ1) is 15.0. The SMILES string of the molecule is CC(=O)c1csc(C2(C)CN(C(=O)OC(C)(C)C)C2)n1. The minimum absolute atomic E-state index is 0.0283. The van der Waals surface area contributed by atoms with Crippen LogP contribution in [0.3, 0.4) is 0 Å². The average molecular weight is 296 g/mol. The van der Waals surface area contributed by atoms with Crippen molar-refractivity contribution in [3.05, 3.63) is 16.1 Å². The van der Waals surface area contributed by atoms with Crippen LogP contribution in [0, 0.1) is 0 Å². The Morgan fingerprint density at radius 1 is 1.40 bits per heavy atom. The third kappa shape index (κ3) is 3.00. The van der Waals surface area contributed by atoms with Gasteiger partial charge in [-0.1, -0.05) is 0 Å². The van der Waals surface area contributed by atoms with Crippen molar-refractivity contribution in [1.29, 1.82) is 0 Å². The van der Waals surface area contributed by atoms with Gasteiger partial charge in [-0.25, -0.2) is 9.78 Å². The monoisotopic (exact) mass is 296 g/mol. The van der Waals surface area contributed by atoms with Gasteiger partial charge in [-0.05, 0) is 27.7 Å². The topological polar surface area (TPSA) is 59.5 Å². The molecule has 1 saturated heterocycles. The number of ether oxygens (including phenoxy) is 1. The molecular formula is C14H20N2O3S. The van der Waals surface area contributed by atoms with Crippen molar-refractivity contribution in [2.24, 2.45) is 0 Å². The highest BCUT2D eigenvalue weighted by atomic mass is 32.1. The maximum absolute atomic E-state index is 11.9. The largest absolute Gasteiger partial charge is 0.444 e. The number of rotatable bonds is 2. The van der Waals surface area contributed by atoms with Crippen molar-refractivity contribution in [3.63, 3.8) is 0 Å². The second-order valence-corrected chi connectivity index (χ2v) is 7.35. The van der Waals surface area contributed by atoms with Crippen LogP contribution in [-0.2, 0) is 10.2 Å². The molecule has 0 N–H and O–H groups in total. The number of ketones is 1. The van der Waals surface area contributed by atoms with Crippen molar-refractivity contribution >= 4 is 23.2 Å². The number of aromatic nitrogens is 1. The van der Waals surface area contributed by atoms with E-state index < -0.39 is 5.60 Å². The fourth-order valence-electron chi connectivity index (χ4n) is 2.10. The standard InChI is InChI=1S/C14H20N2O3S/c1-9(17)10-6-20-11(15-10)14(5)7-16(8-14)12(18)19-13(2,3)4/h6H,7-8H2,1-5H3. The van der Waals surface area contributed by atoms with Gasteiger partial charge in [0.2, 0.25) is 0 Å². The van der Waals surface area contributed by atoms with Gasteiger partial charge in [-0.3, -0.25) is 4.79 Å². The summed E-state index contributed by atoms with van der Waals surface area (Å²) in [5, 5.41) is 2.68. The van der Waals surface area contributed by atoms with E-state index in [2.05, 4.69) is 11.9 Å². The first-order valence-electron chi connectivity index (χ1n) is 6.56. The average Bonchev–Trinajstić information content (AvgIpc) is 2.71. The summed E-state index contributed by atoms with van der Waals surface area (Å²) in [5.74, 6) is -0.0283. The molecule has 1 aliphatic heterocycles. The fraction of sp³-hybridized carbons (Fsp3) is 0.643. The molecule has 1 amide bonds. The van der Waals surface area contributed by atoms with Crippen LogP contribution in [0.4, 0.5) is 4.79 Å². The van der Waals surface area contributed by atoms with Crippen LogP contribution in [0.1, 0.15) is 50.1 Å². The van der Waals surface area contributed by atoms with E-state index in [1.54, 1.807) is 10.3 Å². The molecule has 1 aromatic heterocycles. The van der Waals surface area contributed by atoms with E-state index in [1.165, 1.54) is 18.3 Å². The van der Waals surface area contributed by atoms with Crippen molar-refractivity contribution in [2.75, 3.05) is 13.1 Å². The highest BCUT2D eigenvalue weighted by molar-refractivity contribution is 7.10. The van der Waals surface area contributed by atoms with Gasteiger partial charge in [0.1, 0.15) is 16.3 Å². The molecule has 5 nitrogen and oxygen atoms in total. The number of carbonyl (C=O) groups excluding carboxylic acids is 2. The Morgan fingerprint density at radius 3 is 2.45 bits per heavy atom. The minimum atomic E-state index is -0.480. The van der Waals surface area contributed by atoms with Gasteiger partial charge in [0.15, 0.2) is 5.78 Å². The molecule has 1 aromatic rings. The zero-order valence-corrected chi connectivity index (χ0v) is 13.3. The number of amides is 1. The van der Waals surface area contributed by atoms with Crippen LogP contribution in [0.15, 0.2) is 5.38 Å². The summed E-state index contributed by atoms with van der Waals surface area (Å²) in [6, 6.07) is 0. The van der Waals surface area contributed by atoms with Crippen LogP contribution in [0.25, 0.3) is 0 Å². The lowest BCUT2D eigenvalue weighted by Crippen LogP contribution is -2.60. The highest BCUT2D eigenvalue weighted by Gasteiger charge is 2.46. The summed E-state index contributed by atoms with van der Waals surface area (Å²) in [6.45, 7) is 10.3. The molecule has 0 spiro atoms. The number of hydrogen-bond donors (Lipinski definition) is 0. The Labute approximate surface area is 122 Å². The lowest BCUT2D eigenvalue weighted by molar-refractivity contribution is -0.00656. The Bertz CT molecular complexity index is 539. The molecule has 20 heavy (non-hydrogen) atoms. The van der Waals surface area contributed by atoms with E-state index in [-0.39, 0.29) is 17.3 Å². The molecule has 0 atom stereocenters. The molecule has 0 saturated carbocycles. The van der Waals surface area contributed by atoms with E-state index in [1.807, 2.05) is 20.8 Å². The van der Waals surface area contributed by atoms with Gasteiger partial charge in [0, 0.05) is 25.4 Å². The molecule has 2 heterocycles. The zero-order valence-electron chi connectivity index (χ0n) is 12.5. The van der Waals surface area contributed by atoms with Crippen molar-refractivity contribution in [2.45, 2.75) is 45.6 Å². The zero-order chi connectivity index (χ0) is 15.1. The van der Waals surface area contributed by atoms with Gasteiger partial charge in [-0.15, -0.1) is 11.3 Å². The second-order valence-electron chi connectivity index (χ2n) is 6.49. The lowest BCUT2D eigenvalue weighted by Gasteiger charge is -2.46. The first-order valence-corrected chi connectivity index (χ1v) is 7.44. The molecule has 0 aliphatic carbocycles. The molecule has 6 heteroatoms. The minimum Gasteiger partial charge on any atom is -0.444 e. The summed E-state index contributed by atoms with van der Waals surface area (Å²) in [6.07, 6.45) is -0.293. The van der Waals surface area contributed by atoms with Crippen LogP contribution in [0.5, 0.6) is 0 Å². The maximum atomic E-state index is 11.9. The Balaban J connectivity index is 1.99. The van der Waals surface area contributed by atoms with E-state index in [0.29, 0.717) is 18.8 Å². The fourth-order valence-corrected chi connectivity index (χ4v) is 3.11. The van der Waals surface area contributed by atoms with Gasteiger partial charge < -0.3 is 9.64 Å². The van der Waals surface area contributed by atoms with Crippen LogP contribution in [0.2, 0.25) is 0 Å². The summed E-state index contributed by atoms with van der Waals surface area (Å²) < 4.78 is 5.33. The Morgan fingerprint density at radius 2 is 2.00 bits per heavy atom. The number of thiazole rings is 1. The second kappa shape index (κ2) is 4.84. The molecular weight excluding hydrogens is 276 g/mol. The first-order chi connectivity index (χ1) is 9.11.